The molecule has 2 aromatic rings. The highest BCUT2D eigenvalue weighted by atomic mass is 16.5. The summed E-state index contributed by atoms with van der Waals surface area (Å²) in [5, 5.41) is 0. The number of nitrogens with zero attached hydrogens (tertiary/aromatic N) is 4. The van der Waals surface area contributed by atoms with E-state index in [-0.39, 0.29) is 0 Å². The lowest BCUT2D eigenvalue weighted by Gasteiger charge is -2.29. The third-order valence-electron chi connectivity index (χ3n) is 5.86. The second-order valence-corrected chi connectivity index (χ2v) is 7.59. The standard InChI is InChI=1S/C22H28N4O/c1-15-16(2)21(27-3)8-7-17(15)13-26-11-9-19-18(14-26)12-24-22(25-19)20-6-4-5-10-23-20/h7-8,12H,4-6,9-11,13-14H2,1-3H3. The molecule has 0 saturated heterocycles. The summed E-state index contributed by atoms with van der Waals surface area (Å²) in [6, 6.07) is 4.27. The van der Waals surface area contributed by atoms with Crippen LogP contribution >= 0.6 is 0 Å². The van der Waals surface area contributed by atoms with Crippen LogP contribution in [0.5, 0.6) is 5.75 Å². The number of aromatic nitrogens is 2. The van der Waals surface area contributed by atoms with E-state index < -0.39 is 0 Å². The number of aliphatic imine (C=N–C) groups is 1. The van der Waals surface area contributed by atoms with Gasteiger partial charge in [0.1, 0.15) is 5.75 Å². The molecular formula is C22H28N4O. The van der Waals surface area contributed by atoms with Gasteiger partial charge in [0.05, 0.1) is 18.5 Å². The normalized spacial score (nSPS) is 17.4. The molecule has 27 heavy (non-hydrogen) atoms. The molecule has 4 rings (SSSR count). The van der Waals surface area contributed by atoms with Gasteiger partial charge in [-0.05, 0) is 55.9 Å². The van der Waals surface area contributed by atoms with Crippen LogP contribution in [0.4, 0.5) is 0 Å². The maximum absolute atomic E-state index is 5.44. The van der Waals surface area contributed by atoms with Crippen LogP contribution in [0.2, 0.25) is 0 Å². The van der Waals surface area contributed by atoms with Crippen molar-refractivity contribution in [3.8, 4) is 5.75 Å². The van der Waals surface area contributed by atoms with Crippen LogP contribution in [0.1, 0.15) is 53.0 Å². The minimum Gasteiger partial charge on any atom is -0.496 e. The molecule has 0 spiro atoms. The van der Waals surface area contributed by atoms with Gasteiger partial charge in [-0.3, -0.25) is 9.89 Å². The first kappa shape index (κ1) is 18.1. The Morgan fingerprint density at radius 3 is 2.78 bits per heavy atom. The molecule has 0 N–H and O–H groups in total. The third kappa shape index (κ3) is 3.74. The highest BCUT2D eigenvalue weighted by Gasteiger charge is 2.21. The van der Waals surface area contributed by atoms with Crippen molar-refractivity contribution in [3.05, 3.63) is 52.1 Å². The SMILES string of the molecule is COc1ccc(CN2CCc3nc(C4=NCCCC4)ncc3C2)c(C)c1C. The molecule has 5 heteroatoms. The van der Waals surface area contributed by atoms with Crippen molar-refractivity contribution in [3.63, 3.8) is 0 Å². The lowest BCUT2D eigenvalue weighted by Crippen LogP contribution is -2.31. The zero-order chi connectivity index (χ0) is 18.8. The minimum atomic E-state index is 0.850. The lowest BCUT2D eigenvalue weighted by atomic mass is 10.0. The molecule has 0 aliphatic carbocycles. The molecule has 3 heterocycles. The predicted molar refractivity (Wildman–Crippen MR) is 108 cm³/mol. The summed E-state index contributed by atoms with van der Waals surface area (Å²) in [7, 11) is 1.73. The summed E-state index contributed by atoms with van der Waals surface area (Å²) < 4.78 is 5.44. The average Bonchev–Trinajstić information content (AvgIpc) is 2.72. The minimum absolute atomic E-state index is 0.850. The van der Waals surface area contributed by atoms with Crippen molar-refractivity contribution in [2.24, 2.45) is 4.99 Å². The van der Waals surface area contributed by atoms with E-state index in [1.165, 1.54) is 40.8 Å². The van der Waals surface area contributed by atoms with Gasteiger partial charge in [-0.2, -0.15) is 0 Å². The largest absolute Gasteiger partial charge is 0.496 e. The molecule has 0 radical (unpaired) electrons. The maximum Gasteiger partial charge on any atom is 0.173 e. The van der Waals surface area contributed by atoms with Gasteiger partial charge in [-0.25, -0.2) is 9.97 Å². The molecule has 0 bridgehead atoms. The van der Waals surface area contributed by atoms with Gasteiger partial charge in [0.25, 0.3) is 0 Å². The van der Waals surface area contributed by atoms with Gasteiger partial charge in [0.15, 0.2) is 5.82 Å². The summed E-state index contributed by atoms with van der Waals surface area (Å²) in [6.45, 7) is 8.12. The van der Waals surface area contributed by atoms with Crippen LogP contribution in [0, 0.1) is 13.8 Å². The molecule has 0 amide bonds. The van der Waals surface area contributed by atoms with E-state index in [1.807, 2.05) is 6.20 Å². The second kappa shape index (κ2) is 7.77. The van der Waals surface area contributed by atoms with Gasteiger partial charge in [0, 0.05) is 44.4 Å². The molecule has 2 aliphatic heterocycles. The van der Waals surface area contributed by atoms with Crippen LogP contribution in [0.25, 0.3) is 0 Å². The third-order valence-corrected chi connectivity index (χ3v) is 5.86. The number of hydrogen-bond donors (Lipinski definition) is 0. The van der Waals surface area contributed by atoms with E-state index >= 15 is 0 Å². The molecule has 2 aliphatic rings. The number of hydrogen-bond acceptors (Lipinski definition) is 5. The van der Waals surface area contributed by atoms with Crippen LogP contribution in [0.3, 0.4) is 0 Å². The van der Waals surface area contributed by atoms with E-state index in [2.05, 4.69) is 40.9 Å². The van der Waals surface area contributed by atoms with Crippen LogP contribution < -0.4 is 4.74 Å². The first-order valence-electron chi connectivity index (χ1n) is 9.89. The molecular weight excluding hydrogens is 336 g/mol. The highest BCUT2D eigenvalue weighted by molar-refractivity contribution is 5.97. The number of ether oxygens (including phenoxy) is 1. The first-order chi connectivity index (χ1) is 13.2. The highest BCUT2D eigenvalue weighted by Crippen LogP contribution is 2.26. The monoisotopic (exact) mass is 364 g/mol. The number of methoxy groups -OCH3 is 1. The molecule has 0 atom stereocenters. The van der Waals surface area contributed by atoms with Crippen molar-refractivity contribution in [1.82, 2.24) is 14.9 Å². The van der Waals surface area contributed by atoms with Gasteiger partial charge >= 0.3 is 0 Å². The quantitative estimate of drug-likeness (QED) is 0.831. The maximum atomic E-state index is 5.44. The van der Waals surface area contributed by atoms with E-state index in [1.54, 1.807) is 7.11 Å². The first-order valence-corrected chi connectivity index (χ1v) is 9.89. The molecule has 142 valence electrons. The second-order valence-electron chi connectivity index (χ2n) is 7.59. The Morgan fingerprint density at radius 2 is 2.00 bits per heavy atom. The summed E-state index contributed by atoms with van der Waals surface area (Å²) in [5.74, 6) is 1.82. The van der Waals surface area contributed by atoms with Crippen LogP contribution in [-0.2, 0) is 19.5 Å². The summed E-state index contributed by atoms with van der Waals surface area (Å²) in [4.78, 5) is 16.6. The van der Waals surface area contributed by atoms with Crippen LogP contribution in [-0.4, -0.2) is 40.8 Å². The predicted octanol–water partition coefficient (Wildman–Crippen LogP) is 3.63. The molecule has 0 saturated carbocycles. The zero-order valence-electron chi connectivity index (χ0n) is 16.6. The van der Waals surface area contributed by atoms with Crippen molar-refractivity contribution >= 4 is 5.71 Å². The number of rotatable bonds is 4. The number of benzene rings is 1. The Balaban J connectivity index is 1.49. The Hall–Kier alpha value is -2.27. The average molecular weight is 364 g/mol. The molecule has 0 fully saturated rings. The fraction of sp³-hybridized carbons (Fsp3) is 0.500. The molecule has 1 aromatic carbocycles. The fourth-order valence-corrected chi connectivity index (χ4v) is 4.01. The number of fused-ring (bicyclic) bond motifs is 1. The van der Waals surface area contributed by atoms with Gasteiger partial charge < -0.3 is 4.74 Å². The van der Waals surface area contributed by atoms with Gasteiger partial charge in [-0.15, -0.1) is 0 Å². The summed E-state index contributed by atoms with van der Waals surface area (Å²) in [5.41, 5.74) is 7.47. The smallest absolute Gasteiger partial charge is 0.173 e. The Labute approximate surface area is 161 Å². The zero-order valence-corrected chi connectivity index (χ0v) is 16.6. The van der Waals surface area contributed by atoms with Gasteiger partial charge in [-0.1, -0.05) is 6.07 Å². The van der Waals surface area contributed by atoms with E-state index in [9.17, 15) is 0 Å². The van der Waals surface area contributed by atoms with Crippen molar-refractivity contribution in [1.29, 1.82) is 0 Å². The van der Waals surface area contributed by atoms with Crippen molar-refractivity contribution < 1.29 is 4.74 Å². The van der Waals surface area contributed by atoms with E-state index in [0.29, 0.717) is 0 Å². The molecule has 5 nitrogen and oxygen atoms in total. The van der Waals surface area contributed by atoms with Crippen molar-refractivity contribution in [2.45, 2.75) is 52.6 Å². The molecule has 0 unspecified atom stereocenters. The molecule has 1 aromatic heterocycles. The van der Waals surface area contributed by atoms with Gasteiger partial charge in [0.2, 0.25) is 0 Å². The lowest BCUT2D eigenvalue weighted by molar-refractivity contribution is 0.242. The Bertz CT molecular complexity index is 875. The van der Waals surface area contributed by atoms with Crippen molar-refractivity contribution in [2.75, 3.05) is 20.2 Å². The van der Waals surface area contributed by atoms with E-state index in [0.717, 1.165) is 56.3 Å². The fourth-order valence-electron chi connectivity index (χ4n) is 4.01. The summed E-state index contributed by atoms with van der Waals surface area (Å²) >= 11 is 0. The Kier molecular flexibility index (Phi) is 5.21. The topological polar surface area (TPSA) is 50.6 Å². The van der Waals surface area contributed by atoms with Crippen LogP contribution in [0.15, 0.2) is 23.3 Å². The summed E-state index contributed by atoms with van der Waals surface area (Å²) in [6.07, 6.45) is 6.40. The van der Waals surface area contributed by atoms with E-state index in [4.69, 9.17) is 9.72 Å². The Morgan fingerprint density at radius 1 is 1.11 bits per heavy atom.